The zero-order valence-corrected chi connectivity index (χ0v) is 11.7. The summed E-state index contributed by atoms with van der Waals surface area (Å²) in [4.78, 5) is 20.7. The van der Waals surface area contributed by atoms with E-state index in [4.69, 9.17) is 0 Å². The van der Waals surface area contributed by atoms with Gasteiger partial charge in [-0.25, -0.2) is 0 Å². The minimum absolute atomic E-state index is 0.233. The summed E-state index contributed by atoms with van der Waals surface area (Å²) in [7, 11) is 0. The standard InChI is InChI=1S/C18H16N2O/c21-16(9-8-15-5-3-4-11-19-15)13-14-10-12-20-18-7-2-1-6-17(14)18/h1-7,10-12H,8-9,13H2. The summed E-state index contributed by atoms with van der Waals surface area (Å²) in [5.74, 6) is 0.233. The first-order valence-corrected chi connectivity index (χ1v) is 7.07. The van der Waals surface area contributed by atoms with E-state index in [0.717, 1.165) is 22.2 Å². The molecule has 0 N–H and O–H groups in total. The molecule has 0 bridgehead atoms. The number of rotatable bonds is 5. The number of benzene rings is 1. The fourth-order valence-electron chi connectivity index (χ4n) is 2.42. The van der Waals surface area contributed by atoms with Gasteiger partial charge in [-0.05, 0) is 36.2 Å². The van der Waals surface area contributed by atoms with Gasteiger partial charge < -0.3 is 0 Å². The highest BCUT2D eigenvalue weighted by Gasteiger charge is 2.08. The summed E-state index contributed by atoms with van der Waals surface area (Å²) in [6.45, 7) is 0. The lowest BCUT2D eigenvalue weighted by molar-refractivity contribution is -0.118. The van der Waals surface area contributed by atoms with E-state index in [1.165, 1.54) is 0 Å². The third kappa shape index (κ3) is 3.31. The highest BCUT2D eigenvalue weighted by Crippen LogP contribution is 2.17. The van der Waals surface area contributed by atoms with E-state index in [1.807, 2.05) is 48.5 Å². The molecule has 3 aromatic rings. The minimum Gasteiger partial charge on any atom is -0.299 e. The molecular weight excluding hydrogens is 260 g/mol. The Morgan fingerprint density at radius 1 is 0.905 bits per heavy atom. The van der Waals surface area contributed by atoms with Crippen LogP contribution in [-0.4, -0.2) is 15.8 Å². The Hall–Kier alpha value is -2.55. The molecule has 3 rings (SSSR count). The number of hydrogen-bond acceptors (Lipinski definition) is 3. The Labute approximate surface area is 123 Å². The first-order chi connectivity index (χ1) is 10.3. The van der Waals surface area contributed by atoms with E-state index in [0.29, 0.717) is 19.3 Å². The maximum Gasteiger partial charge on any atom is 0.137 e. The molecule has 0 amide bonds. The molecule has 0 spiro atoms. The summed E-state index contributed by atoms with van der Waals surface area (Å²) in [5, 5.41) is 1.06. The molecule has 21 heavy (non-hydrogen) atoms. The van der Waals surface area contributed by atoms with E-state index in [9.17, 15) is 4.79 Å². The SMILES string of the molecule is O=C(CCc1ccccn1)Cc1ccnc2ccccc12. The molecule has 0 saturated carbocycles. The van der Waals surface area contributed by atoms with Gasteiger partial charge >= 0.3 is 0 Å². The van der Waals surface area contributed by atoms with Crippen LogP contribution in [0.15, 0.2) is 60.9 Å². The Balaban J connectivity index is 1.69. The van der Waals surface area contributed by atoms with Crippen molar-refractivity contribution < 1.29 is 4.79 Å². The predicted molar refractivity (Wildman–Crippen MR) is 83.0 cm³/mol. The number of para-hydroxylation sites is 1. The van der Waals surface area contributed by atoms with Gasteiger partial charge in [-0.3, -0.25) is 14.8 Å². The molecule has 2 aromatic heterocycles. The number of aromatic nitrogens is 2. The number of Topliss-reactive ketones (excluding diaryl/α,β-unsaturated/α-hetero) is 1. The van der Waals surface area contributed by atoms with Crippen molar-refractivity contribution >= 4 is 16.7 Å². The number of ketones is 1. The van der Waals surface area contributed by atoms with Crippen LogP contribution in [0.3, 0.4) is 0 Å². The van der Waals surface area contributed by atoms with Gasteiger partial charge in [-0.2, -0.15) is 0 Å². The van der Waals surface area contributed by atoms with Crippen LogP contribution < -0.4 is 0 Å². The largest absolute Gasteiger partial charge is 0.299 e. The number of pyridine rings is 2. The molecule has 2 heterocycles. The maximum atomic E-state index is 12.2. The van der Waals surface area contributed by atoms with Gasteiger partial charge in [0.05, 0.1) is 5.52 Å². The van der Waals surface area contributed by atoms with Gasteiger partial charge in [-0.15, -0.1) is 0 Å². The van der Waals surface area contributed by atoms with E-state index in [-0.39, 0.29) is 5.78 Å². The first kappa shape index (κ1) is 13.4. The maximum absolute atomic E-state index is 12.2. The highest BCUT2D eigenvalue weighted by atomic mass is 16.1. The molecule has 1 aromatic carbocycles. The van der Waals surface area contributed by atoms with Crippen LogP contribution in [0.4, 0.5) is 0 Å². The number of nitrogens with zero attached hydrogens (tertiary/aromatic N) is 2. The third-order valence-electron chi connectivity index (χ3n) is 3.51. The van der Waals surface area contributed by atoms with Gasteiger partial charge in [0, 0.05) is 36.3 Å². The van der Waals surface area contributed by atoms with Crippen molar-refractivity contribution in [2.75, 3.05) is 0 Å². The fraction of sp³-hybridized carbons (Fsp3) is 0.167. The second kappa shape index (κ2) is 6.27. The van der Waals surface area contributed by atoms with E-state index in [2.05, 4.69) is 9.97 Å². The van der Waals surface area contributed by atoms with Crippen molar-refractivity contribution in [1.82, 2.24) is 9.97 Å². The molecule has 0 aliphatic carbocycles. The lowest BCUT2D eigenvalue weighted by Crippen LogP contribution is -2.05. The van der Waals surface area contributed by atoms with Crippen LogP contribution in [0.5, 0.6) is 0 Å². The number of carbonyl (C=O) groups is 1. The molecule has 3 nitrogen and oxygen atoms in total. The third-order valence-corrected chi connectivity index (χ3v) is 3.51. The topological polar surface area (TPSA) is 42.9 Å². The number of fused-ring (bicyclic) bond motifs is 1. The van der Waals surface area contributed by atoms with Crippen LogP contribution in [0.25, 0.3) is 10.9 Å². The van der Waals surface area contributed by atoms with Crippen LogP contribution >= 0.6 is 0 Å². The smallest absolute Gasteiger partial charge is 0.137 e. The average Bonchev–Trinajstić information content (AvgIpc) is 2.54. The van der Waals surface area contributed by atoms with Crippen LogP contribution in [0, 0.1) is 0 Å². The van der Waals surface area contributed by atoms with Crippen molar-refractivity contribution in [3.8, 4) is 0 Å². The second-order valence-corrected chi connectivity index (χ2v) is 5.02. The van der Waals surface area contributed by atoms with E-state index in [1.54, 1.807) is 12.4 Å². The van der Waals surface area contributed by atoms with E-state index < -0.39 is 0 Å². The van der Waals surface area contributed by atoms with Crippen molar-refractivity contribution in [3.63, 3.8) is 0 Å². The van der Waals surface area contributed by atoms with Gasteiger partial charge in [0.15, 0.2) is 0 Å². The Morgan fingerprint density at radius 3 is 2.62 bits per heavy atom. The van der Waals surface area contributed by atoms with Gasteiger partial charge in [0.25, 0.3) is 0 Å². The predicted octanol–water partition coefficient (Wildman–Crippen LogP) is 3.37. The lowest BCUT2D eigenvalue weighted by atomic mass is 10.0. The highest BCUT2D eigenvalue weighted by molar-refractivity contribution is 5.88. The molecule has 0 fully saturated rings. The lowest BCUT2D eigenvalue weighted by Gasteiger charge is -2.05. The zero-order chi connectivity index (χ0) is 14.5. The van der Waals surface area contributed by atoms with Crippen molar-refractivity contribution in [1.29, 1.82) is 0 Å². The monoisotopic (exact) mass is 276 g/mol. The van der Waals surface area contributed by atoms with Gasteiger partial charge in [0.1, 0.15) is 5.78 Å². The number of hydrogen-bond donors (Lipinski definition) is 0. The average molecular weight is 276 g/mol. The molecule has 0 radical (unpaired) electrons. The molecular formula is C18H16N2O. The quantitative estimate of drug-likeness (QED) is 0.717. The van der Waals surface area contributed by atoms with Gasteiger partial charge in [0.2, 0.25) is 0 Å². The van der Waals surface area contributed by atoms with Crippen molar-refractivity contribution in [2.24, 2.45) is 0 Å². The summed E-state index contributed by atoms with van der Waals surface area (Å²) < 4.78 is 0. The van der Waals surface area contributed by atoms with Crippen molar-refractivity contribution in [2.45, 2.75) is 19.3 Å². The Kier molecular flexibility index (Phi) is 4.01. The number of carbonyl (C=O) groups excluding carboxylic acids is 1. The normalized spacial score (nSPS) is 10.7. The fourth-order valence-corrected chi connectivity index (χ4v) is 2.42. The van der Waals surface area contributed by atoms with Crippen LogP contribution in [-0.2, 0) is 17.6 Å². The molecule has 0 aliphatic rings. The summed E-state index contributed by atoms with van der Waals surface area (Å²) in [6, 6.07) is 15.6. The summed E-state index contributed by atoms with van der Waals surface area (Å²) in [6.07, 6.45) is 5.20. The molecule has 0 aliphatic heterocycles. The van der Waals surface area contributed by atoms with Crippen LogP contribution in [0.2, 0.25) is 0 Å². The van der Waals surface area contributed by atoms with Crippen LogP contribution in [0.1, 0.15) is 17.7 Å². The minimum atomic E-state index is 0.233. The molecule has 0 saturated heterocycles. The molecule has 104 valence electrons. The molecule has 3 heteroatoms. The molecule has 0 atom stereocenters. The molecule has 0 unspecified atom stereocenters. The van der Waals surface area contributed by atoms with Crippen molar-refractivity contribution in [3.05, 3.63) is 72.2 Å². The Morgan fingerprint density at radius 2 is 1.76 bits per heavy atom. The second-order valence-electron chi connectivity index (χ2n) is 5.02. The Bertz CT molecular complexity index is 748. The van der Waals surface area contributed by atoms with Gasteiger partial charge in [-0.1, -0.05) is 24.3 Å². The summed E-state index contributed by atoms with van der Waals surface area (Å²) in [5.41, 5.74) is 2.95. The number of aryl methyl sites for hydroxylation is 1. The van der Waals surface area contributed by atoms with E-state index >= 15 is 0 Å². The zero-order valence-electron chi connectivity index (χ0n) is 11.7. The first-order valence-electron chi connectivity index (χ1n) is 7.07. The summed E-state index contributed by atoms with van der Waals surface area (Å²) >= 11 is 0.